The molecule has 20 heavy (non-hydrogen) atoms. The molecule has 0 aliphatic rings. The summed E-state index contributed by atoms with van der Waals surface area (Å²) in [7, 11) is 0. The van der Waals surface area contributed by atoms with Crippen molar-refractivity contribution in [3.63, 3.8) is 0 Å². The highest BCUT2D eigenvalue weighted by Gasteiger charge is 2.05. The average Bonchev–Trinajstić information content (AvgIpc) is 2.45. The van der Waals surface area contributed by atoms with Crippen molar-refractivity contribution in [3.05, 3.63) is 53.9 Å². The van der Waals surface area contributed by atoms with E-state index in [1.165, 1.54) is 0 Å². The number of para-hydroxylation sites is 2. The van der Waals surface area contributed by atoms with Crippen molar-refractivity contribution in [2.24, 2.45) is 0 Å². The van der Waals surface area contributed by atoms with Crippen LogP contribution in [-0.4, -0.2) is 17.5 Å². The summed E-state index contributed by atoms with van der Waals surface area (Å²) in [5.74, 6) is 0.326. The van der Waals surface area contributed by atoms with Crippen LogP contribution in [0.5, 0.6) is 5.75 Å². The molecule has 0 radical (unpaired) electrons. The van der Waals surface area contributed by atoms with Gasteiger partial charge in [-0.25, -0.2) is 0 Å². The molecule has 1 amide bonds. The van der Waals surface area contributed by atoms with Crippen molar-refractivity contribution in [2.75, 3.05) is 12.3 Å². The quantitative estimate of drug-likeness (QED) is 0.811. The third-order valence-corrected chi connectivity index (χ3v) is 2.89. The van der Waals surface area contributed by atoms with E-state index in [0.717, 1.165) is 11.1 Å². The van der Waals surface area contributed by atoms with Crippen LogP contribution in [-0.2, 0) is 11.3 Å². The summed E-state index contributed by atoms with van der Waals surface area (Å²) >= 11 is 0. The number of carbonyl (C=O) groups is 1. The topological polar surface area (TPSA) is 77.2 Å². The van der Waals surface area contributed by atoms with Gasteiger partial charge in [0.25, 0.3) is 5.91 Å². The number of aryl methyl sites for hydroxylation is 1. The second-order valence-corrected chi connectivity index (χ2v) is 4.41. The number of hydrogen-bond acceptors (Lipinski definition) is 4. The van der Waals surface area contributed by atoms with Gasteiger partial charge in [-0.1, -0.05) is 12.1 Å². The van der Waals surface area contributed by atoms with E-state index >= 15 is 0 Å². The fourth-order valence-electron chi connectivity index (χ4n) is 1.70. The number of nitrogen functional groups attached to an aromatic ring is 1. The standard InChI is InChI=1S/C15H17N3O2/c1-11-8-17-7-6-12(11)9-18-15(19)10-20-14-5-3-2-4-13(14)16/h2-8H,9-10,16H2,1H3,(H,18,19). The number of anilines is 1. The van der Waals surface area contributed by atoms with Gasteiger partial charge in [-0.05, 0) is 36.2 Å². The van der Waals surface area contributed by atoms with Crippen LogP contribution >= 0.6 is 0 Å². The molecule has 1 heterocycles. The SMILES string of the molecule is Cc1cnccc1CNC(=O)COc1ccccc1N. The molecule has 1 aromatic carbocycles. The maximum atomic E-state index is 11.7. The van der Waals surface area contributed by atoms with Crippen LogP contribution < -0.4 is 15.8 Å². The highest BCUT2D eigenvalue weighted by molar-refractivity contribution is 5.77. The first kappa shape index (κ1) is 13.9. The van der Waals surface area contributed by atoms with Crippen molar-refractivity contribution in [1.82, 2.24) is 10.3 Å². The van der Waals surface area contributed by atoms with Crippen LogP contribution in [0, 0.1) is 6.92 Å². The number of ether oxygens (including phenoxy) is 1. The second kappa shape index (κ2) is 6.56. The highest BCUT2D eigenvalue weighted by Crippen LogP contribution is 2.19. The number of amides is 1. The lowest BCUT2D eigenvalue weighted by molar-refractivity contribution is -0.123. The van der Waals surface area contributed by atoms with Crippen LogP contribution in [0.25, 0.3) is 0 Å². The third-order valence-electron chi connectivity index (χ3n) is 2.89. The van der Waals surface area contributed by atoms with Crippen LogP contribution in [0.4, 0.5) is 5.69 Å². The molecule has 5 nitrogen and oxygen atoms in total. The van der Waals surface area contributed by atoms with E-state index in [1.54, 1.807) is 24.5 Å². The molecule has 0 unspecified atom stereocenters. The Morgan fingerprint density at radius 2 is 2.15 bits per heavy atom. The Morgan fingerprint density at radius 3 is 2.90 bits per heavy atom. The van der Waals surface area contributed by atoms with Gasteiger partial charge in [0.15, 0.2) is 6.61 Å². The number of benzene rings is 1. The summed E-state index contributed by atoms with van der Waals surface area (Å²) < 4.78 is 5.37. The monoisotopic (exact) mass is 271 g/mol. The molecule has 0 fully saturated rings. The molecular weight excluding hydrogens is 254 g/mol. The second-order valence-electron chi connectivity index (χ2n) is 4.41. The maximum absolute atomic E-state index is 11.7. The Balaban J connectivity index is 1.82. The molecule has 1 aromatic heterocycles. The van der Waals surface area contributed by atoms with Crippen LogP contribution in [0.2, 0.25) is 0 Å². The smallest absolute Gasteiger partial charge is 0.258 e. The minimum atomic E-state index is -0.190. The highest BCUT2D eigenvalue weighted by atomic mass is 16.5. The zero-order valence-electron chi connectivity index (χ0n) is 11.3. The minimum Gasteiger partial charge on any atom is -0.482 e. The van der Waals surface area contributed by atoms with Gasteiger partial charge >= 0.3 is 0 Å². The number of hydrogen-bond donors (Lipinski definition) is 2. The van der Waals surface area contributed by atoms with E-state index in [4.69, 9.17) is 10.5 Å². The molecule has 2 aromatic rings. The molecule has 0 aliphatic heterocycles. The predicted molar refractivity (Wildman–Crippen MR) is 77.2 cm³/mol. The summed E-state index contributed by atoms with van der Waals surface area (Å²) in [5, 5.41) is 2.80. The van der Waals surface area contributed by atoms with E-state index in [-0.39, 0.29) is 12.5 Å². The molecule has 0 spiro atoms. The van der Waals surface area contributed by atoms with E-state index in [9.17, 15) is 4.79 Å². The van der Waals surface area contributed by atoms with Gasteiger partial charge in [-0.15, -0.1) is 0 Å². The Kier molecular flexibility index (Phi) is 4.55. The Bertz CT molecular complexity index is 548. The first-order valence-electron chi connectivity index (χ1n) is 6.30. The fraction of sp³-hybridized carbons (Fsp3) is 0.200. The van der Waals surface area contributed by atoms with E-state index in [0.29, 0.717) is 18.0 Å². The number of nitrogens with one attached hydrogen (secondary N) is 1. The number of nitrogens with two attached hydrogens (primary N) is 1. The normalized spacial score (nSPS) is 10.1. The lowest BCUT2D eigenvalue weighted by Crippen LogP contribution is -2.28. The Morgan fingerprint density at radius 1 is 1.35 bits per heavy atom. The first-order chi connectivity index (χ1) is 9.66. The van der Waals surface area contributed by atoms with Crippen molar-refractivity contribution >= 4 is 11.6 Å². The zero-order chi connectivity index (χ0) is 14.4. The van der Waals surface area contributed by atoms with E-state index in [2.05, 4.69) is 10.3 Å². The van der Waals surface area contributed by atoms with Crippen LogP contribution in [0.15, 0.2) is 42.7 Å². The zero-order valence-corrected chi connectivity index (χ0v) is 11.3. The number of aromatic nitrogens is 1. The number of pyridine rings is 1. The van der Waals surface area contributed by atoms with Gasteiger partial charge in [0, 0.05) is 18.9 Å². The molecule has 0 saturated carbocycles. The largest absolute Gasteiger partial charge is 0.482 e. The van der Waals surface area contributed by atoms with Gasteiger partial charge in [-0.3, -0.25) is 9.78 Å². The van der Waals surface area contributed by atoms with E-state index in [1.807, 2.05) is 25.1 Å². The third kappa shape index (κ3) is 3.71. The van der Waals surface area contributed by atoms with Crippen molar-refractivity contribution in [3.8, 4) is 5.75 Å². The van der Waals surface area contributed by atoms with Crippen molar-refractivity contribution in [2.45, 2.75) is 13.5 Å². The molecule has 0 aliphatic carbocycles. The maximum Gasteiger partial charge on any atom is 0.258 e. The summed E-state index contributed by atoms with van der Waals surface area (Å²) in [6, 6.07) is 8.97. The van der Waals surface area contributed by atoms with Gasteiger partial charge < -0.3 is 15.8 Å². The summed E-state index contributed by atoms with van der Waals surface area (Å²) in [4.78, 5) is 15.7. The first-order valence-corrected chi connectivity index (χ1v) is 6.30. The van der Waals surface area contributed by atoms with Gasteiger partial charge in [0.1, 0.15) is 5.75 Å². The van der Waals surface area contributed by atoms with Crippen molar-refractivity contribution in [1.29, 1.82) is 0 Å². The average molecular weight is 271 g/mol. The lowest BCUT2D eigenvalue weighted by atomic mass is 10.1. The Hall–Kier alpha value is -2.56. The summed E-state index contributed by atoms with van der Waals surface area (Å²) in [5.41, 5.74) is 8.32. The Labute approximate surface area is 117 Å². The van der Waals surface area contributed by atoms with Crippen LogP contribution in [0.3, 0.4) is 0 Å². The summed E-state index contributed by atoms with van der Waals surface area (Å²) in [6.45, 7) is 2.36. The van der Waals surface area contributed by atoms with Gasteiger partial charge in [0.2, 0.25) is 0 Å². The fourth-order valence-corrected chi connectivity index (χ4v) is 1.70. The summed E-state index contributed by atoms with van der Waals surface area (Å²) in [6.07, 6.45) is 3.47. The predicted octanol–water partition coefficient (Wildman–Crippen LogP) is 1.67. The van der Waals surface area contributed by atoms with E-state index < -0.39 is 0 Å². The van der Waals surface area contributed by atoms with Crippen LogP contribution in [0.1, 0.15) is 11.1 Å². The molecule has 2 rings (SSSR count). The molecule has 0 saturated heterocycles. The number of carbonyl (C=O) groups excluding carboxylic acids is 1. The molecule has 104 valence electrons. The number of rotatable bonds is 5. The minimum absolute atomic E-state index is 0.0572. The molecule has 0 bridgehead atoms. The number of nitrogens with zero attached hydrogens (tertiary/aromatic N) is 1. The van der Waals surface area contributed by atoms with Gasteiger partial charge in [0.05, 0.1) is 5.69 Å². The molecule has 0 atom stereocenters. The molecule has 3 N–H and O–H groups in total. The lowest BCUT2D eigenvalue weighted by Gasteiger charge is -2.10. The van der Waals surface area contributed by atoms with Gasteiger partial charge in [-0.2, -0.15) is 0 Å². The molecule has 5 heteroatoms. The van der Waals surface area contributed by atoms with Crippen molar-refractivity contribution < 1.29 is 9.53 Å². The molecular formula is C15H17N3O2.